The summed E-state index contributed by atoms with van der Waals surface area (Å²) in [7, 11) is -3.79. The van der Waals surface area contributed by atoms with Gasteiger partial charge in [-0.1, -0.05) is 6.07 Å². The smallest absolute Gasteiger partial charge is 0.238 e. The topological polar surface area (TPSA) is 128 Å². The van der Waals surface area contributed by atoms with E-state index in [0.717, 1.165) is 34.6 Å². The minimum atomic E-state index is -3.79. The molecule has 0 saturated heterocycles. The van der Waals surface area contributed by atoms with Crippen molar-refractivity contribution in [3.8, 4) is 0 Å². The number of hydrogen-bond donors (Lipinski definition) is 3. The number of primary sulfonamides is 1. The van der Waals surface area contributed by atoms with Crippen molar-refractivity contribution >= 4 is 44.1 Å². The molecule has 32 heavy (non-hydrogen) atoms. The van der Waals surface area contributed by atoms with E-state index in [1.807, 2.05) is 19.2 Å². The number of anilines is 4. The normalized spacial score (nSPS) is 13.9. The summed E-state index contributed by atoms with van der Waals surface area (Å²) in [6.07, 6.45) is 6.17. The average Bonchev–Trinajstić information content (AvgIpc) is 3.49. The highest BCUT2D eigenvalue weighted by Crippen LogP contribution is 2.32. The molecule has 1 aliphatic rings. The Bertz CT molecular complexity index is 1410. The van der Waals surface area contributed by atoms with Crippen LogP contribution in [-0.2, 0) is 16.6 Å². The minimum Gasteiger partial charge on any atom is -0.340 e. The fourth-order valence-electron chi connectivity index (χ4n) is 3.50. The zero-order valence-corrected chi connectivity index (χ0v) is 18.3. The number of hydrogen-bond acceptors (Lipinski definition) is 7. The third kappa shape index (κ3) is 4.41. The van der Waals surface area contributed by atoms with Crippen molar-refractivity contribution in [1.82, 2.24) is 19.7 Å². The van der Waals surface area contributed by atoms with Crippen LogP contribution < -0.4 is 15.8 Å². The van der Waals surface area contributed by atoms with Gasteiger partial charge in [-0.3, -0.25) is 4.68 Å². The predicted octanol–water partition coefficient (Wildman–Crippen LogP) is 3.68. The number of aromatic nitrogens is 4. The van der Waals surface area contributed by atoms with Gasteiger partial charge >= 0.3 is 0 Å². The van der Waals surface area contributed by atoms with E-state index < -0.39 is 10.0 Å². The summed E-state index contributed by atoms with van der Waals surface area (Å²) in [6.45, 7) is 2.89. The lowest BCUT2D eigenvalue weighted by Crippen LogP contribution is -2.12. The molecule has 9 nitrogen and oxygen atoms in total. The van der Waals surface area contributed by atoms with Crippen LogP contribution in [0.2, 0.25) is 0 Å². The lowest BCUT2D eigenvalue weighted by molar-refractivity contribution is 0.580. The van der Waals surface area contributed by atoms with Crippen LogP contribution in [0.15, 0.2) is 59.8 Å². The molecular formula is C22H23N7O2S. The molecule has 1 fully saturated rings. The molecule has 0 spiro atoms. The molecule has 0 unspecified atom stereocenters. The highest BCUT2D eigenvalue weighted by Gasteiger charge is 2.22. The molecule has 0 bridgehead atoms. The summed E-state index contributed by atoms with van der Waals surface area (Å²) in [4.78, 5) is 8.87. The van der Waals surface area contributed by atoms with Crippen molar-refractivity contribution in [2.45, 2.75) is 31.2 Å². The SMILES string of the molecule is Cc1cnc(Nc2cccc(S(N)(=O)=O)c2)nc1Nc1ccc2c(cnn2CC2CC2)c1. The van der Waals surface area contributed by atoms with Gasteiger partial charge in [-0.15, -0.1) is 0 Å². The van der Waals surface area contributed by atoms with Crippen molar-refractivity contribution in [1.29, 1.82) is 0 Å². The van der Waals surface area contributed by atoms with Crippen LogP contribution in [0.4, 0.5) is 23.1 Å². The first kappa shape index (κ1) is 20.4. The Hall–Kier alpha value is -3.50. The number of fused-ring (bicyclic) bond motifs is 1. The van der Waals surface area contributed by atoms with Crippen molar-refractivity contribution in [2.24, 2.45) is 11.1 Å². The Morgan fingerprint density at radius 2 is 1.91 bits per heavy atom. The maximum atomic E-state index is 11.6. The maximum absolute atomic E-state index is 11.6. The van der Waals surface area contributed by atoms with Gasteiger partial charge in [0.05, 0.1) is 16.6 Å². The molecule has 4 aromatic rings. The van der Waals surface area contributed by atoms with E-state index in [1.54, 1.807) is 18.3 Å². The van der Waals surface area contributed by atoms with E-state index in [9.17, 15) is 8.42 Å². The number of sulfonamides is 1. The van der Waals surface area contributed by atoms with Crippen molar-refractivity contribution in [3.05, 3.63) is 60.4 Å². The maximum Gasteiger partial charge on any atom is 0.238 e. The van der Waals surface area contributed by atoms with E-state index in [0.29, 0.717) is 17.5 Å². The molecular weight excluding hydrogens is 426 g/mol. The minimum absolute atomic E-state index is 0.0171. The van der Waals surface area contributed by atoms with E-state index in [-0.39, 0.29) is 4.90 Å². The van der Waals surface area contributed by atoms with Crippen molar-refractivity contribution in [3.63, 3.8) is 0 Å². The fraction of sp³-hybridized carbons (Fsp3) is 0.227. The highest BCUT2D eigenvalue weighted by atomic mass is 32.2. The second-order valence-corrected chi connectivity index (χ2v) is 9.65. The van der Waals surface area contributed by atoms with Gasteiger partial charge in [0.15, 0.2) is 0 Å². The Labute approximate surface area is 185 Å². The van der Waals surface area contributed by atoms with Gasteiger partial charge < -0.3 is 10.6 Å². The van der Waals surface area contributed by atoms with Gasteiger partial charge in [0, 0.05) is 35.1 Å². The van der Waals surface area contributed by atoms with Crippen LogP contribution in [0.5, 0.6) is 0 Å². The van der Waals surface area contributed by atoms with Crippen LogP contribution in [0, 0.1) is 12.8 Å². The third-order valence-corrected chi connectivity index (χ3v) is 6.33. The lowest BCUT2D eigenvalue weighted by Gasteiger charge is -2.12. The Balaban J connectivity index is 1.37. The lowest BCUT2D eigenvalue weighted by atomic mass is 10.2. The standard InChI is InChI=1S/C22H23N7O2S/c1-14-11-24-22(27-17-3-2-4-19(10-17)32(23,30)31)28-21(14)26-18-7-8-20-16(9-18)12-25-29(20)13-15-5-6-15/h2-4,7-12,15H,5-6,13H2,1H3,(H2,23,30,31)(H2,24,26,27,28). The number of benzene rings is 2. The van der Waals surface area contributed by atoms with Gasteiger partial charge in [0.25, 0.3) is 0 Å². The van der Waals surface area contributed by atoms with Gasteiger partial charge in [-0.2, -0.15) is 10.1 Å². The molecule has 10 heteroatoms. The molecule has 2 aromatic carbocycles. The van der Waals surface area contributed by atoms with E-state index >= 15 is 0 Å². The molecule has 2 aromatic heterocycles. The summed E-state index contributed by atoms with van der Waals surface area (Å²) in [5.41, 5.74) is 3.42. The largest absolute Gasteiger partial charge is 0.340 e. The first-order valence-electron chi connectivity index (χ1n) is 10.3. The molecule has 1 saturated carbocycles. The van der Waals surface area contributed by atoms with Crippen LogP contribution in [0.3, 0.4) is 0 Å². The quantitative estimate of drug-likeness (QED) is 0.393. The number of rotatable bonds is 7. The van der Waals surface area contributed by atoms with Crippen molar-refractivity contribution < 1.29 is 8.42 Å². The van der Waals surface area contributed by atoms with E-state index in [2.05, 4.69) is 42.5 Å². The van der Waals surface area contributed by atoms with Crippen LogP contribution in [-0.4, -0.2) is 28.2 Å². The summed E-state index contributed by atoms with van der Waals surface area (Å²) in [6, 6.07) is 12.3. The third-order valence-electron chi connectivity index (χ3n) is 5.42. The molecule has 2 heterocycles. The first-order valence-corrected chi connectivity index (χ1v) is 11.9. The zero-order chi connectivity index (χ0) is 22.3. The molecule has 0 amide bonds. The van der Waals surface area contributed by atoms with Gasteiger partial charge in [-0.05, 0) is 62.1 Å². The summed E-state index contributed by atoms with van der Waals surface area (Å²) in [5, 5.41) is 17.2. The molecule has 4 N–H and O–H groups in total. The molecule has 0 aliphatic heterocycles. The summed E-state index contributed by atoms with van der Waals surface area (Å²) in [5.74, 6) is 1.74. The highest BCUT2D eigenvalue weighted by molar-refractivity contribution is 7.89. The van der Waals surface area contributed by atoms with Crippen LogP contribution >= 0.6 is 0 Å². The molecule has 1 aliphatic carbocycles. The average molecular weight is 450 g/mol. The summed E-state index contributed by atoms with van der Waals surface area (Å²) >= 11 is 0. The zero-order valence-electron chi connectivity index (χ0n) is 17.5. The van der Waals surface area contributed by atoms with Crippen LogP contribution in [0.25, 0.3) is 10.9 Å². The molecule has 164 valence electrons. The van der Waals surface area contributed by atoms with E-state index in [4.69, 9.17) is 5.14 Å². The van der Waals surface area contributed by atoms with Gasteiger partial charge in [0.2, 0.25) is 16.0 Å². The molecule has 0 atom stereocenters. The second-order valence-electron chi connectivity index (χ2n) is 8.09. The Kier molecular flexibility index (Phi) is 5.03. The Morgan fingerprint density at radius 3 is 2.69 bits per heavy atom. The number of nitrogens with zero attached hydrogens (tertiary/aromatic N) is 4. The van der Waals surface area contributed by atoms with E-state index in [1.165, 1.54) is 25.0 Å². The molecule has 0 radical (unpaired) electrons. The predicted molar refractivity (Wildman–Crippen MR) is 124 cm³/mol. The molecule has 5 rings (SSSR count). The fourth-order valence-corrected chi connectivity index (χ4v) is 4.06. The number of nitrogens with one attached hydrogen (secondary N) is 2. The van der Waals surface area contributed by atoms with Crippen LogP contribution in [0.1, 0.15) is 18.4 Å². The second kappa shape index (κ2) is 7.88. The monoisotopic (exact) mass is 449 g/mol. The van der Waals surface area contributed by atoms with Crippen molar-refractivity contribution in [2.75, 3.05) is 10.6 Å². The summed E-state index contributed by atoms with van der Waals surface area (Å²) < 4.78 is 25.3. The van der Waals surface area contributed by atoms with Gasteiger partial charge in [0.1, 0.15) is 5.82 Å². The number of nitrogens with two attached hydrogens (primary N) is 1. The van der Waals surface area contributed by atoms with Gasteiger partial charge in [-0.25, -0.2) is 18.5 Å². The number of aryl methyl sites for hydroxylation is 1. The first-order chi connectivity index (χ1) is 15.3. The Morgan fingerprint density at radius 1 is 1.09 bits per heavy atom.